The molecule has 0 aliphatic carbocycles. The van der Waals surface area contributed by atoms with E-state index in [4.69, 9.17) is 11.5 Å². The van der Waals surface area contributed by atoms with Gasteiger partial charge in [0.1, 0.15) is 12.3 Å². The van der Waals surface area contributed by atoms with Crippen LogP contribution in [-0.2, 0) is 24.4 Å². The summed E-state index contributed by atoms with van der Waals surface area (Å²) in [6, 6.07) is 7.02. The summed E-state index contributed by atoms with van der Waals surface area (Å²) >= 11 is 0. The molecule has 11 nitrogen and oxygen atoms in total. The first kappa shape index (κ1) is 27.4. The van der Waals surface area contributed by atoms with Crippen LogP contribution in [0.3, 0.4) is 0 Å². The molecule has 0 unspecified atom stereocenters. The molecule has 1 heterocycles. The lowest BCUT2D eigenvalue weighted by molar-refractivity contribution is -0.123. The van der Waals surface area contributed by atoms with E-state index in [0.717, 1.165) is 0 Å². The molecule has 1 aromatic rings. The maximum absolute atomic E-state index is 13.7. The third kappa shape index (κ3) is 6.84. The molecule has 1 fully saturated rings. The highest BCUT2D eigenvalue weighted by atomic mass is 32.2. The van der Waals surface area contributed by atoms with E-state index < -0.39 is 39.2 Å². The van der Waals surface area contributed by atoms with Crippen LogP contribution in [0.25, 0.3) is 0 Å². The Morgan fingerprint density at radius 2 is 1.97 bits per heavy atom. The van der Waals surface area contributed by atoms with Crippen molar-refractivity contribution >= 4 is 39.8 Å². The summed E-state index contributed by atoms with van der Waals surface area (Å²) in [5, 5.41) is 1.67. The Labute approximate surface area is 200 Å². The summed E-state index contributed by atoms with van der Waals surface area (Å²) < 4.78 is 26.9. The number of sulfonamides is 1. The van der Waals surface area contributed by atoms with Gasteiger partial charge in [0.2, 0.25) is 21.8 Å². The standard InChI is InChI=1S/C22H34N6O5S/c1-16(2)34(32,33)27-13-7-11-19(27)21(31)28(17-8-4-3-5-9-17)18(15-29)10-6-12-25-22(24)26-20(30)14-23/h3-5,8-9,15-16,18-19H,6-7,10-14,23H2,1-2H3,(H3,24,25,26,30)/t18-,19-/m0/s1. The highest BCUT2D eigenvalue weighted by molar-refractivity contribution is 7.89. The molecular weight excluding hydrogens is 460 g/mol. The van der Waals surface area contributed by atoms with Crippen molar-refractivity contribution in [1.82, 2.24) is 9.62 Å². The van der Waals surface area contributed by atoms with Crippen LogP contribution < -0.4 is 21.7 Å². The quantitative estimate of drug-likeness (QED) is 0.168. The summed E-state index contributed by atoms with van der Waals surface area (Å²) in [7, 11) is -3.64. The van der Waals surface area contributed by atoms with Gasteiger partial charge < -0.3 is 21.2 Å². The Hall–Kier alpha value is -2.83. The number of guanidine groups is 1. The van der Waals surface area contributed by atoms with Crippen LogP contribution in [0.15, 0.2) is 35.3 Å². The number of anilines is 1. The van der Waals surface area contributed by atoms with Crippen molar-refractivity contribution < 1.29 is 22.8 Å². The summed E-state index contributed by atoms with van der Waals surface area (Å²) in [6.07, 6.45) is 2.32. The smallest absolute Gasteiger partial charge is 0.246 e. The summed E-state index contributed by atoms with van der Waals surface area (Å²) in [5.74, 6) is -0.969. The number of hydrogen-bond acceptors (Lipinski definition) is 7. The fourth-order valence-electron chi connectivity index (χ4n) is 3.78. The van der Waals surface area contributed by atoms with E-state index in [9.17, 15) is 22.8 Å². The van der Waals surface area contributed by atoms with E-state index in [0.29, 0.717) is 31.2 Å². The van der Waals surface area contributed by atoms with Crippen LogP contribution in [-0.4, -0.2) is 73.8 Å². The second-order valence-electron chi connectivity index (χ2n) is 8.27. The molecule has 188 valence electrons. The fourth-order valence-corrected chi connectivity index (χ4v) is 5.26. The number of aldehydes is 1. The molecule has 2 amide bonds. The Bertz CT molecular complexity index is 983. The van der Waals surface area contributed by atoms with Crippen molar-refractivity contribution in [3.05, 3.63) is 30.3 Å². The van der Waals surface area contributed by atoms with Crippen molar-refractivity contribution in [3.63, 3.8) is 0 Å². The zero-order chi connectivity index (χ0) is 25.3. The maximum atomic E-state index is 13.7. The Balaban J connectivity index is 2.23. The monoisotopic (exact) mass is 494 g/mol. The van der Waals surface area contributed by atoms with Crippen LogP contribution in [0.1, 0.15) is 39.5 Å². The first-order valence-corrected chi connectivity index (χ1v) is 12.8. The van der Waals surface area contributed by atoms with E-state index in [1.807, 2.05) is 0 Å². The number of aliphatic imine (C=N–C) groups is 1. The average molecular weight is 495 g/mol. The van der Waals surface area contributed by atoms with Crippen molar-refractivity contribution in [2.45, 2.75) is 56.9 Å². The number of benzene rings is 1. The number of rotatable bonds is 11. The molecule has 1 aromatic carbocycles. The summed E-state index contributed by atoms with van der Waals surface area (Å²) in [5.41, 5.74) is 11.4. The molecule has 0 saturated carbocycles. The van der Waals surface area contributed by atoms with Crippen molar-refractivity contribution in [3.8, 4) is 0 Å². The molecule has 0 spiro atoms. The lowest BCUT2D eigenvalue weighted by Crippen LogP contribution is -2.53. The topological polar surface area (TPSA) is 168 Å². The zero-order valence-electron chi connectivity index (χ0n) is 19.6. The Kier molecular flexibility index (Phi) is 10.1. The molecule has 0 aromatic heterocycles. The zero-order valence-corrected chi connectivity index (χ0v) is 20.4. The molecule has 0 bridgehead atoms. The van der Waals surface area contributed by atoms with Gasteiger partial charge in [0.15, 0.2) is 5.96 Å². The van der Waals surface area contributed by atoms with Gasteiger partial charge >= 0.3 is 0 Å². The minimum absolute atomic E-state index is 0.0745. The van der Waals surface area contributed by atoms with Gasteiger partial charge in [-0.25, -0.2) is 8.42 Å². The third-order valence-electron chi connectivity index (χ3n) is 5.56. The normalized spacial score (nSPS) is 18.0. The number of carbonyl (C=O) groups excluding carboxylic acids is 3. The van der Waals surface area contributed by atoms with Gasteiger partial charge in [-0.15, -0.1) is 0 Å². The number of para-hydroxylation sites is 1. The van der Waals surface area contributed by atoms with Crippen LogP contribution in [0.4, 0.5) is 5.69 Å². The summed E-state index contributed by atoms with van der Waals surface area (Å²) in [6.45, 7) is 3.44. The van der Waals surface area contributed by atoms with Crippen LogP contribution in [0.2, 0.25) is 0 Å². The molecule has 1 aliphatic rings. The Morgan fingerprint density at radius 3 is 2.56 bits per heavy atom. The second kappa shape index (κ2) is 12.6. The SMILES string of the molecule is CC(C)S(=O)(=O)N1CCC[C@H]1C(=O)N(c1ccccc1)[C@H](C=O)CCCN=C(N)NC(=O)CN. The Morgan fingerprint density at radius 1 is 1.29 bits per heavy atom. The van der Waals surface area contributed by atoms with Crippen LogP contribution in [0, 0.1) is 0 Å². The van der Waals surface area contributed by atoms with Gasteiger partial charge in [-0.3, -0.25) is 19.9 Å². The van der Waals surface area contributed by atoms with E-state index in [2.05, 4.69) is 10.3 Å². The third-order valence-corrected chi connectivity index (χ3v) is 7.85. The molecule has 0 radical (unpaired) electrons. The maximum Gasteiger partial charge on any atom is 0.246 e. The van der Waals surface area contributed by atoms with Gasteiger partial charge in [-0.2, -0.15) is 4.31 Å². The van der Waals surface area contributed by atoms with Gasteiger partial charge in [-0.05, 0) is 51.7 Å². The molecule has 2 rings (SSSR count). The molecule has 1 saturated heterocycles. The van der Waals surface area contributed by atoms with Crippen molar-refractivity contribution in [2.24, 2.45) is 16.5 Å². The van der Waals surface area contributed by atoms with Crippen molar-refractivity contribution in [2.75, 3.05) is 24.5 Å². The van der Waals surface area contributed by atoms with E-state index in [1.165, 1.54) is 9.21 Å². The van der Waals surface area contributed by atoms with E-state index in [-0.39, 0.29) is 32.0 Å². The van der Waals surface area contributed by atoms with Gasteiger partial charge in [0.05, 0.1) is 17.8 Å². The minimum atomic E-state index is -3.64. The number of hydrogen-bond donors (Lipinski definition) is 3. The first-order valence-electron chi connectivity index (χ1n) is 11.3. The van der Waals surface area contributed by atoms with Gasteiger partial charge in [-0.1, -0.05) is 18.2 Å². The van der Waals surface area contributed by atoms with Gasteiger partial charge in [0.25, 0.3) is 0 Å². The summed E-state index contributed by atoms with van der Waals surface area (Å²) in [4.78, 5) is 42.4. The first-order chi connectivity index (χ1) is 16.1. The largest absolute Gasteiger partial charge is 0.370 e. The molecule has 5 N–H and O–H groups in total. The number of amides is 2. The average Bonchev–Trinajstić information content (AvgIpc) is 3.32. The van der Waals surface area contributed by atoms with E-state index in [1.54, 1.807) is 44.2 Å². The van der Waals surface area contributed by atoms with Crippen LogP contribution >= 0.6 is 0 Å². The number of nitrogens with zero attached hydrogens (tertiary/aromatic N) is 3. The lowest BCUT2D eigenvalue weighted by atomic mass is 10.1. The van der Waals surface area contributed by atoms with Gasteiger partial charge in [0, 0.05) is 18.8 Å². The highest BCUT2D eigenvalue weighted by Gasteiger charge is 2.43. The minimum Gasteiger partial charge on any atom is -0.370 e. The van der Waals surface area contributed by atoms with Crippen molar-refractivity contribution in [1.29, 1.82) is 0 Å². The fraction of sp³-hybridized carbons (Fsp3) is 0.545. The number of carbonyl (C=O) groups is 3. The molecule has 2 atom stereocenters. The highest BCUT2D eigenvalue weighted by Crippen LogP contribution is 2.28. The number of nitrogens with one attached hydrogen (secondary N) is 1. The second-order valence-corrected chi connectivity index (χ2v) is 10.7. The predicted octanol–water partition coefficient (Wildman–Crippen LogP) is -0.0405. The lowest BCUT2D eigenvalue weighted by Gasteiger charge is -2.34. The molecule has 12 heteroatoms. The molecular formula is C22H34N6O5S. The predicted molar refractivity (Wildman–Crippen MR) is 130 cm³/mol. The number of nitrogens with two attached hydrogens (primary N) is 2. The molecule has 1 aliphatic heterocycles. The van der Waals surface area contributed by atoms with E-state index >= 15 is 0 Å². The van der Waals surface area contributed by atoms with Crippen LogP contribution in [0.5, 0.6) is 0 Å². The molecule has 34 heavy (non-hydrogen) atoms.